The normalized spacial score (nSPS) is 10.9. The van der Waals surface area contributed by atoms with E-state index in [1.165, 1.54) is 6.07 Å². The van der Waals surface area contributed by atoms with Crippen molar-refractivity contribution >= 4 is 34.9 Å². The van der Waals surface area contributed by atoms with Gasteiger partial charge in [0.05, 0.1) is 43.1 Å². The van der Waals surface area contributed by atoms with Gasteiger partial charge in [0, 0.05) is 17.9 Å². The highest BCUT2D eigenvalue weighted by Crippen LogP contribution is 2.29. The van der Waals surface area contributed by atoms with Crippen LogP contribution in [0.1, 0.15) is 69.4 Å². The number of hydrogen-bond acceptors (Lipinski definition) is 8. The van der Waals surface area contributed by atoms with Crippen molar-refractivity contribution in [3.05, 3.63) is 71.3 Å². The Balaban J connectivity index is 1.86. The number of fused-ring (bicyclic) bond motifs is 2. The summed E-state index contributed by atoms with van der Waals surface area (Å²) in [7, 11) is 0. The summed E-state index contributed by atoms with van der Waals surface area (Å²) in [5.74, 6) is -2.37. The third kappa shape index (κ3) is 4.84. The molecule has 0 aliphatic carbocycles. The molecule has 10 heteroatoms. The summed E-state index contributed by atoms with van der Waals surface area (Å²) in [4.78, 5) is 50.4. The van der Waals surface area contributed by atoms with E-state index in [-0.39, 0.29) is 48.9 Å². The largest absolute Gasteiger partial charge is 0.462 e. The Kier molecular flexibility index (Phi) is 7.80. The molecule has 0 radical (unpaired) electrons. The highest BCUT2D eigenvalue weighted by atomic mass is 16.5. The van der Waals surface area contributed by atoms with Crippen LogP contribution in [0.5, 0.6) is 0 Å². The highest BCUT2D eigenvalue weighted by molar-refractivity contribution is 6.05. The predicted octanol–water partition coefficient (Wildman–Crippen LogP) is 4.57. The third-order valence-corrected chi connectivity index (χ3v) is 5.82. The van der Waals surface area contributed by atoms with Crippen LogP contribution in [0.15, 0.2) is 48.8 Å². The molecule has 38 heavy (non-hydrogen) atoms. The first-order valence-electron chi connectivity index (χ1n) is 12.3. The van der Waals surface area contributed by atoms with Gasteiger partial charge in [-0.3, -0.25) is 0 Å². The number of aromatic nitrogens is 2. The van der Waals surface area contributed by atoms with Crippen molar-refractivity contribution in [2.24, 2.45) is 0 Å². The molecule has 4 rings (SSSR count). The van der Waals surface area contributed by atoms with Crippen LogP contribution in [0, 0.1) is 0 Å². The Hall–Kier alpha value is -4.60. The zero-order valence-electron chi connectivity index (χ0n) is 21.6. The van der Waals surface area contributed by atoms with E-state index < -0.39 is 23.9 Å². The molecule has 0 fully saturated rings. The molecule has 198 valence electrons. The van der Waals surface area contributed by atoms with Crippen LogP contribution in [0.3, 0.4) is 0 Å². The van der Waals surface area contributed by atoms with Crippen LogP contribution < -0.4 is 0 Å². The topological polar surface area (TPSA) is 114 Å². The number of pyridine rings is 2. The van der Waals surface area contributed by atoms with E-state index in [0.29, 0.717) is 11.0 Å². The molecule has 0 saturated heterocycles. The number of carbonyl (C=O) groups is 4. The number of hydrogen-bond donors (Lipinski definition) is 0. The minimum Gasteiger partial charge on any atom is -0.462 e. The quantitative estimate of drug-likeness (QED) is 0.233. The number of esters is 4. The minimum absolute atomic E-state index is 0.0811. The van der Waals surface area contributed by atoms with Gasteiger partial charge in [-0.2, -0.15) is 0 Å². The van der Waals surface area contributed by atoms with Gasteiger partial charge in [0.2, 0.25) is 0 Å². The number of carbonyl (C=O) groups excluding carboxylic acids is 4. The summed E-state index contributed by atoms with van der Waals surface area (Å²) in [6, 6.07) is 10.2. The smallest absolute Gasteiger partial charge is 0.356 e. The van der Waals surface area contributed by atoms with Gasteiger partial charge in [0.25, 0.3) is 0 Å². The molecule has 0 amide bonds. The van der Waals surface area contributed by atoms with Crippen LogP contribution >= 0.6 is 0 Å². The Morgan fingerprint density at radius 2 is 1.13 bits per heavy atom. The maximum Gasteiger partial charge on any atom is 0.356 e. The molecule has 10 nitrogen and oxygen atoms in total. The van der Waals surface area contributed by atoms with Crippen molar-refractivity contribution in [2.45, 2.75) is 27.7 Å². The molecule has 4 aromatic heterocycles. The van der Waals surface area contributed by atoms with Crippen LogP contribution in [0.25, 0.3) is 22.2 Å². The minimum atomic E-state index is -0.636. The van der Waals surface area contributed by atoms with Crippen LogP contribution in [-0.4, -0.2) is 59.1 Å². The molecule has 0 aliphatic heterocycles. The Morgan fingerprint density at radius 3 is 1.76 bits per heavy atom. The lowest BCUT2D eigenvalue weighted by Gasteiger charge is -2.09. The van der Waals surface area contributed by atoms with E-state index >= 15 is 0 Å². The van der Waals surface area contributed by atoms with Crippen LogP contribution in [0.4, 0.5) is 0 Å². The molecule has 0 atom stereocenters. The monoisotopic (exact) mass is 520 g/mol. The lowest BCUT2D eigenvalue weighted by atomic mass is 10.1. The second kappa shape index (κ2) is 11.2. The van der Waals surface area contributed by atoms with Crippen molar-refractivity contribution in [3.8, 4) is 11.1 Å². The molecule has 4 heterocycles. The first-order chi connectivity index (χ1) is 18.3. The molecule has 0 aliphatic rings. The Morgan fingerprint density at radius 1 is 0.605 bits per heavy atom. The van der Waals surface area contributed by atoms with Crippen molar-refractivity contribution in [1.82, 2.24) is 8.80 Å². The summed E-state index contributed by atoms with van der Waals surface area (Å²) in [6.07, 6.45) is 3.34. The molecule has 0 saturated carbocycles. The number of nitrogens with zero attached hydrogens (tertiary/aromatic N) is 2. The Labute approximate surface area is 218 Å². The van der Waals surface area contributed by atoms with E-state index in [1.54, 1.807) is 79.2 Å². The average Bonchev–Trinajstić information content (AvgIpc) is 3.47. The maximum atomic E-state index is 12.7. The lowest BCUT2D eigenvalue weighted by Crippen LogP contribution is -2.14. The fourth-order valence-corrected chi connectivity index (χ4v) is 4.24. The van der Waals surface area contributed by atoms with Gasteiger partial charge in [-0.15, -0.1) is 0 Å². The standard InChI is InChI=1S/C28H28N2O8/c1-5-35-25(31)20-16-23(27(33)37-7-3)30-12-10-18(14-22(20)30)17-9-11-29-19(13-17)15-21(26(32)36-6-2)24(29)28(34)38-8-4/h9-16H,5-8H2,1-4H3. The summed E-state index contributed by atoms with van der Waals surface area (Å²) in [5.41, 5.74) is 3.14. The van der Waals surface area contributed by atoms with Crippen molar-refractivity contribution in [2.75, 3.05) is 26.4 Å². The summed E-state index contributed by atoms with van der Waals surface area (Å²) < 4.78 is 23.8. The molecule has 0 N–H and O–H groups in total. The summed E-state index contributed by atoms with van der Waals surface area (Å²) >= 11 is 0. The SMILES string of the molecule is CCOC(=O)c1cc2cc(-c3ccn4c(C(=O)OCC)cc(C(=O)OCC)c4c3)ccn2c1C(=O)OCC. The zero-order valence-corrected chi connectivity index (χ0v) is 21.6. The predicted molar refractivity (Wildman–Crippen MR) is 138 cm³/mol. The lowest BCUT2D eigenvalue weighted by molar-refractivity contribution is 0.0474. The van der Waals surface area contributed by atoms with Crippen LogP contribution in [-0.2, 0) is 18.9 Å². The van der Waals surface area contributed by atoms with Gasteiger partial charge >= 0.3 is 23.9 Å². The van der Waals surface area contributed by atoms with Crippen molar-refractivity contribution < 1.29 is 38.1 Å². The van der Waals surface area contributed by atoms with Gasteiger partial charge in [-0.05, 0) is 75.2 Å². The zero-order chi connectivity index (χ0) is 27.4. The van der Waals surface area contributed by atoms with E-state index in [4.69, 9.17) is 18.9 Å². The molecule has 0 aromatic carbocycles. The van der Waals surface area contributed by atoms with Crippen molar-refractivity contribution in [3.63, 3.8) is 0 Å². The van der Waals surface area contributed by atoms with Gasteiger partial charge in [-0.25, -0.2) is 19.2 Å². The second-order valence-electron chi connectivity index (χ2n) is 8.11. The van der Waals surface area contributed by atoms with Gasteiger partial charge < -0.3 is 27.7 Å². The van der Waals surface area contributed by atoms with Gasteiger partial charge in [0.1, 0.15) is 11.4 Å². The van der Waals surface area contributed by atoms with Crippen LogP contribution in [0.2, 0.25) is 0 Å². The maximum absolute atomic E-state index is 12.7. The number of rotatable bonds is 9. The first kappa shape index (κ1) is 26.5. The van der Waals surface area contributed by atoms with Gasteiger partial charge in [0.15, 0.2) is 0 Å². The molecular weight excluding hydrogens is 492 g/mol. The van der Waals surface area contributed by atoms with E-state index in [0.717, 1.165) is 11.1 Å². The van der Waals surface area contributed by atoms with Gasteiger partial charge in [-0.1, -0.05) is 0 Å². The fraction of sp³-hybridized carbons (Fsp3) is 0.286. The Bertz CT molecular complexity index is 1550. The van der Waals surface area contributed by atoms with E-state index in [1.807, 2.05) is 0 Å². The summed E-state index contributed by atoms with van der Waals surface area (Å²) in [6.45, 7) is 7.47. The van der Waals surface area contributed by atoms with Crippen molar-refractivity contribution in [1.29, 1.82) is 0 Å². The first-order valence-corrected chi connectivity index (χ1v) is 12.3. The number of ether oxygens (including phenoxy) is 4. The third-order valence-electron chi connectivity index (χ3n) is 5.82. The molecular formula is C28H28N2O8. The molecule has 0 bridgehead atoms. The van der Waals surface area contributed by atoms with E-state index in [2.05, 4.69) is 0 Å². The summed E-state index contributed by atoms with van der Waals surface area (Å²) in [5, 5.41) is 0. The highest BCUT2D eigenvalue weighted by Gasteiger charge is 2.25. The molecule has 0 spiro atoms. The second-order valence-corrected chi connectivity index (χ2v) is 8.11. The molecule has 4 aromatic rings. The average molecular weight is 521 g/mol. The molecule has 0 unspecified atom stereocenters. The fourth-order valence-electron chi connectivity index (χ4n) is 4.24. The van der Waals surface area contributed by atoms with E-state index in [9.17, 15) is 19.2 Å².